The fraction of sp³-hybridized carbons (Fsp3) is 0.0400. The SMILES string of the molecule is Cc1ccc(-c2nc3c4c(-c5ccccc5)nn(-c5ccccc5)c4ncn3n2)cc1. The van der Waals surface area contributed by atoms with E-state index < -0.39 is 0 Å². The van der Waals surface area contributed by atoms with E-state index >= 15 is 0 Å². The second-order valence-corrected chi connectivity index (χ2v) is 7.47. The van der Waals surface area contributed by atoms with Crippen molar-refractivity contribution in [1.29, 1.82) is 0 Å². The molecule has 3 heterocycles. The zero-order valence-corrected chi connectivity index (χ0v) is 16.8. The molecule has 0 aliphatic heterocycles. The number of aromatic nitrogens is 6. The van der Waals surface area contributed by atoms with Gasteiger partial charge in [0.05, 0.1) is 11.1 Å². The highest BCUT2D eigenvalue weighted by Gasteiger charge is 2.20. The van der Waals surface area contributed by atoms with E-state index in [0.717, 1.165) is 39.2 Å². The molecular weight excluding hydrogens is 384 g/mol. The molecular formula is C25H18N6. The first kappa shape index (κ1) is 17.5. The van der Waals surface area contributed by atoms with E-state index in [4.69, 9.17) is 15.1 Å². The molecule has 31 heavy (non-hydrogen) atoms. The number of nitrogens with zero attached hydrogens (tertiary/aromatic N) is 6. The van der Waals surface area contributed by atoms with E-state index in [-0.39, 0.29) is 0 Å². The van der Waals surface area contributed by atoms with Crippen LogP contribution in [-0.2, 0) is 0 Å². The van der Waals surface area contributed by atoms with Crippen LogP contribution >= 0.6 is 0 Å². The van der Waals surface area contributed by atoms with Crippen LogP contribution in [0, 0.1) is 6.92 Å². The third-order valence-electron chi connectivity index (χ3n) is 5.36. The summed E-state index contributed by atoms with van der Waals surface area (Å²) in [5.74, 6) is 0.667. The summed E-state index contributed by atoms with van der Waals surface area (Å²) in [6, 6.07) is 28.4. The van der Waals surface area contributed by atoms with Crippen molar-refractivity contribution in [2.24, 2.45) is 0 Å². The zero-order valence-electron chi connectivity index (χ0n) is 16.8. The Morgan fingerprint density at radius 1 is 0.677 bits per heavy atom. The van der Waals surface area contributed by atoms with Gasteiger partial charge in [-0.25, -0.2) is 19.2 Å². The molecule has 0 aliphatic rings. The average molecular weight is 402 g/mol. The van der Waals surface area contributed by atoms with Gasteiger partial charge < -0.3 is 0 Å². The van der Waals surface area contributed by atoms with Gasteiger partial charge in [-0.1, -0.05) is 78.4 Å². The number of hydrogen-bond acceptors (Lipinski definition) is 4. The minimum absolute atomic E-state index is 0.667. The predicted molar refractivity (Wildman–Crippen MR) is 121 cm³/mol. The molecule has 0 radical (unpaired) electrons. The van der Waals surface area contributed by atoms with Gasteiger partial charge in [0.25, 0.3) is 0 Å². The van der Waals surface area contributed by atoms with Gasteiger partial charge in [0.15, 0.2) is 17.1 Å². The Hall–Kier alpha value is -4.32. The van der Waals surface area contributed by atoms with Crippen LogP contribution in [0.1, 0.15) is 5.56 Å². The molecule has 0 saturated heterocycles. The van der Waals surface area contributed by atoms with E-state index in [1.54, 1.807) is 10.8 Å². The summed E-state index contributed by atoms with van der Waals surface area (Å²) in [6.07, 6.45) is 1.71. The van der Waals surface area contributed by atoms with Gasteiger partial charge >= 0.3 is 0 Å². The van der Waals surface area contributed by atoms with Crippen LogP contribution in [0.3, 0.4) is 0 Å². The van der Waals surface area contributed by atoms with E-state index in [2.05, 4.69) is 36.3 Å². The molecule has 0 bridgehead atoms. The Morgan fingerprint density at radius 2 is 1.39 bits per heavy atom. The minimum atomic E-state index is 0.667. The number of fused-ring (bicyclic) bond motifs is 3. The fourth-order valence-corrected chi connectivity index (χ4v) is 3.79. The highest BCUT2D eigenvalue weighted by atomic mass is 15.4. The molecule has 0 fully saturated rings. The highest BCUT2D eigenvalue weighted by molar-refractivity contribution is 6.01. The third-order valence-corrected chi connectivity index (χ3v) is 5.36. The Labute approximate surface area is 178 Å². The summed E-state index contributed by atoms with van der Waals surface area (Å²) in [5, 5.41) is 10.5. The molecule has 0 aliphatic carbocycles. The van der Waals surface area contributed by atoms with Crippen molar-refractivity contribution >= 4 is 16.7 Å². The molecule has 148 valence electrons. The topological polar surface area (TPSA) is 60.9 Å². The largest absolute Gasteiger partial charge is 0.216 e. The maximum absolute atomic E-state index is 4.95. The molecule has 0 unspecified atom stereocenters. The first-order valence-electron chi connectivity index (χ1n) is 10.1. The minimum Gasteiger partial charge on any atom is -0.216 e. The molecule has 0 atom stereocenters. The van der Waals surface area contributed by atoms with Gasteiger partial charge in [0.2, 0.25) is 0 Å². The van der Waals surface area contributed by atoms with Crippen molar-refractivity contribution < 1.29 is 0 Å². The Morgan fingerprint density at radius 3 is 2.13 bits per heavy atom. The van der Waals surface area contributed by atoms with Gasteiger partial charge in [-0.15, -0.1) is 5.10 Å². The second kappa shape index (κ2) is 6.88. The molecule has 3 aromatic carbocycles. The molecule has 0 N–H and O–H groups in total. The zero-order chi connectivity index (χ0) is 20.8. The van der Waals surface area contributed by atoms with Crippen LogP contribution in [0.5, 0.6) is 0 Å². The summed E-state index contributed by atoms with van der Waals surface area (Å²) < 4.78 is 3.61. The molecule has 0 spiro atoms. The normalized spacial score (nSPS) is 11.4. The third kappa shape index (κ3) is 2.88. The summed E-state index contributed by atoms with van der Waals surface area (Å²) in [4.78, 5) is 9.61. The predicted octanol–water partition coefficient (Wildman–Crippen LogP) is 5.11. The maximum atomic E-state index is 4.95. The monoisotopic (exact) mass is 402 g/mol. The van der Waals surface area contributed by atoms with Crippen LogP contribution in [-0.4, -0.2) is 29.4 Å². The molecule has 3 aromatic heterocycles. The summed E-state index contributed by atoms with van der Waals surface area (Å²) >= 11 is 0. The molecule has 0 amide bonds. The molecule has 6 nitrogen and oxygen atoms in total. The number of hydrogen-bond donors (Lipinski definition) is 0. The van der Waals surface area contributed by atoms with Gasteiger partial charge in [0.1, 0.15) is 12.0 Å². The first-order chi connectivity index (χ1) is 15.3. The number of benzene rings is 3. The van der Waals surface area contributed by atoms with Crippen molar-refractivity contribution in [3.8, 4) is 28.3 Å². The lowest BCUT2D eigenvalue weighted by Crippen LogP contribution is -1.98. The van der Waals surface area contributed by atoms with E-state index in [1.165, 1.54) is 5.56 Å². The van der Waals surface area contributed by atoms with Gasteiger partial charge in [0, 0.05) is 11.1 Å². The Bertz CT molecular complexity index is 1510. The molecule has 6 aromatic rings. The maximum Gasteiger partial charge on any atom is 0.182 e. The Kier molecular flexibility index (Phi) is 3.89. The highest BCUT2D eigenvalue weighted by Crippen LogP contribution is 2.32. The average Bonchev–Trinajstić information content (AvgIpc) is 3.42. The van der Waals surface area contributed by atoms with Gasteiger partial charge in [-0.05, 0) is 19.1 Å². The summed E-state index contributed by atoms with van der Waals surface area (Å²) in [7, 11) is 0. The van der Waals surface area contributed by atoms with Gasteiger partial charge in [-0.2, -0.15) is 5.10 Å². The lowest BCUT2D eigenvalue weighted by Gasteiger charge is -2.01. The van der Waals surface area contributed by atoms with Crippen molar-refractivity contribution in [1.82, 2.24) is 29.4 Å². The van der Waals surface area contributed by atoms with E-state index in [9.17, 15) is 0 Å². The quantitative estimate of drug-likeness (QED) is 0.413. The fourth-order valence-electron chi connectivity index (χ4n) is 3.79. The van der Waals surface area contributed by atoms with Crippen LogP contribution in [0.4, 0.5) is 0 Å². The first-order valence-corrected chi connectivity index (χ1v) is 10.1. The van der Waals surface area contributed by atoms with E-state index in [1.807, 2.05) is 65.3 Å². The van der Waals surface area contributed by atoms with Crippen molar-refractivity contribution in [2.45, 2.75) is 6.92 Å². The molecule has 0 saturated carbocycles. The Balaban J connectivity index is 1.67. The summed E-state index contributed by atoms with van der Waals surface area (Å²) in [5.41, 5.74) is 6.45. The molecule has 6 heteroatoms. The second-order valence-electron chi connectivity index (χ2n) is 7.47. The summed E-state index contributed by atoms with van der Waals surface area (Å²) in [6.45, 7) is 2.07. The standard InChI is InChI=1S/C25H18N6/c1-17-12-14-19(15-13-17)23-27-25-21-22(18-8-4-2-5-9-18)28-31(20-10-6-3-7-11-20)24(21)26-16-30(25)29-23/h2-16H,1H3. The van der Waals surface area contributed by atoms with Crippen molar-refractivity contribution in [2.75, 3.05) is 0 Å². The number of aryl methyl sites for hydroxylation is 1. The lowest BCUT2D eigenvalue weighted by atomic mass is 10.1. The van der Waals surface area contributed by atoms with Gasteiger partial charge in [-0.3, -0.25) is 0 Å². The van der Waals surface area contributed by atoms with Crippen LogP contribution in [0.2, 0.25) is 0 Å². The lowest BCUT2D eigenvalue weighted by molar-refractivity contribution is 0.885. The molecule has 6 rings (SSSR count). The van der Waals surface area contributed by atoms with Crippen molar-refractivity contribution in [3.05, 3.63) is 96.8 Å². The smallest absolute Gasteiger partial charge is 0.182 e. The van der Waals surface area contributed by atoms with E-state index in [0.29, 0.717) is 5.82 Å². The van der Waals surface area contributed by atoms with Crippen LogP contribution in [0.25, 0.3) is 45.0 Å². The number of para-hydroxylation sites is 1. The van der Waals surface area contributed by atoms with Crippen LogP contribution < -0.4 is 0 Å². The van der Waals surface area contributed by atoms with Crippen LogP contribution in [0.15, 0.2) is 91.3 Å². The van der Waals surface area contributed by atoms with Crippen molar-refractivity contribution in [3.63, 3.8) is 0 Å². The number of rotatable bonds is 3.